The number of hydrogen-bond acceptors (Lipinski definition) is 28. The molecule has 3 aliphatic heterocycles. The van der Waals surface area contributed by atoms with Gasteiger partial charge in [-0.1, -0.05) is 62.3 Å². The summed E-state index contributed by atoms with van der Waals surface area (Å²) in [6.07, 6.45) is 26.5. The van der Waals surface area contributed by atoms with Crippen molar-refractivity contribution >= 4 is 98.4 Å². The molecule has 3 amide bonds. The van der Waals surface area contributed by atoms with Gasteiger partial charge in [0.15, 0.2) is 46.1 Å². The van der Waals surface area contributed by atoms with Crippen LogP contribution >= 0.6 is 11.3 Å². The molecule has 0 bridgehead atoms. The number of nitrogens with two attached hydrogens (primary N) is 3. The molecule has 0 radical (unpaired) electrons. The highest BCUT2D eigenvalue weighted by Gasteiger charge is 2.36. The molecule has 9 aromatic heterocycles. The fraction of sp³-hybridized carbons (Fsp3) is 0.382. The third-order valence-corrected chi connectivity index (χ3v) is 20.8. The van der Waals surface area contributed by atoms with Crippen molar-refractivity contribution in [3.8, 4) is 21.9 Å². The highest BCUT2D eigenvalue weighted by molar-refractivity contribution is 7.15. The predicted molar refractivity (Wildman–Crippen MR) is 414 cm³/mol. The lowest BCUT2D eigenvalue weighted by Crippen LogP contribution is -2.44. The van der Waals surface area contributed by atoms with Crippen LogP contribution in [0.2, 0.25) is 0 Å². The van der Waals surface area contributed by atoms with E-state index in [9.17, 15) is 28.8 Å². The predicted octanol–water partition coefficient (Wildman–Crippen LogP) is 10.6. The fourth-order valence-electron chi connectivity index (χ4n) is 13.8. The number of oxazole rings is 1. The molecule has 0 aliphatic carbocycles. The number of aromatic nitrogens is 16. The van der Waals surface area contributed by atoms with Gasteiger partial charge in [-0.15, -0.1) is 11.3 Å². The number of primary amides is 3. The second-order valence-corrected chi connectivity index (χ2v) is 30.0. The van der Waals surface area contributed by atoms with Crippen molar-refractivity contribution in [1.29, 1.82) is 0 Å². The number of anilines is 9. The molecule has 3 fully saturated rings. The molecule has 14 rings (SSSR count). The quantitative estimate of drug-likeness (QED) is 0.0324. The third-order valence-electron chi connectivity index (χ3n) is 19.9. The van der Waals surface area contributed by atoms with Crippen LogP contribution in [0.5, 0.6) is 0 Å². The number of Topliss-reactive ketones (excluding diaryl/α,β-unsaturated/α-hetero) is 3. The average Bonchev–Trinajstić information content (AvgIpc) is 1.48. The summed E-state index contributed by atoms with van der Waals surface area (Å²) in [4.78, 5) is 122. The fourth-order valence-corrected chi connectivity index (χ4v) is 14.6. The highest BCUT2D eigenvalue weighted by Crippen LogP contribution is 2.37. The monoisotopic (exact) mass is 1510 g/mol. The van der Waals surface area contributed by atoms with Gasteiger partial charge in [0.25, 0.3) is 17.7 Å². The molecule has 34 heteroatoms. The van der Waals surface area contributed by atoms with Crippen molar-refractivity contribution in [2.45, 2.75) is 130 Å². The Morgan fingerprint density at radius 3 is 1.23 bits per heavy atom. The second-order valence-electron chi connectivity index (χ2n) is 28.8. The largest absolute Gasteiger partial charge is 0.445 e. The molecule has 3 aliphatic rings. The van der Waals surface area contributed by atoms with Gasteiger partial charge in [-0.05, 0) is 102 Å². The number of piperidine rings is 3. The van der Waals surface area contributed by atoms with Gasteiger partial charge in [0.05, 0.1) is 70.3 Å². The van der Waals surface area contributed by atoms with Gasteiger partial charge in [0.2, 0.25) is 23.4 Å². The first-order valence-corrected chi connectivity index (χ1v) is 37.1. The molecule has 0 spiro atoms. The number of aryl methyl sites for hydroxylation is 4. The molecule has 0 saturated carbocycles. The van der Waals surface area contributed by atoms with Crippen LogP contribution in [-0.4, -0.2) is 152 Å². The van der Waals surface area contributed by atoms with E-state index < -0.39 is 17.7 Å². The molecule has 33 nitrogen and oxygen atoms in total. The number of ketones is 3. The Hall–Kier alpha value is -12.5. The first-order chi connectivity index (χ1) is 52.7. The van der Waals surface area contributed by atoms with Crippen molar-refractivity contribution < 1.29 is 37.7 Å². The summed E-state index contributed by atoms with van der Waals surface area (Å²) in [7, 11) is 5.39. The number of nitrogens with zero attached hydrogens (tertiary/aromatic N) is 19. The summed E-state index contributed by atoms with van der Waals surface area (Å²) in [6, 6.07) is 15.2. The van der Waals surface area contributed by atoms with E-state index in [1.165, 1.54) is 6.26 Å². The van der Waals surface area contributed by atoms with E-state index in [2.05, 4.69) is 107 Å². The molecule has 12 heterocycles. The van der Waals surface area contributed by atoms with E-state index in [0.717, 1.165) is 79.2 Å². The molecular weight excluding hydrogens is 1420 g/mol. The SMILES string of the molecule is C[C@@H]1[C@H](CC(=O)c2ccc(-c3ncco3)cc2)CCCN1c1cnc(C(N)=O)c(Nc2cnn(C)c2)n1.C[C@@H]1[C@H](CC(=O)c2noc(C(C)(C)C)n2)CCCN1c1cnc(C(N)=O)c(Nc2cnn(C)c2)n1.Cc1ncc(-c2ccc(C(=O)C[C@@H]3CCCN(c4cnc(C(N)=O)c(Nc5cnn(C)c5)n4)[C@@H]3C)cc2)s1. The number of nitrogens with one attached hydrogen (secondary N) is 3. The standard InChI is InChI=1S/C27H30N8O2S.C26H28N8O3.C23H31N9O3/c1-16-20(11-22(36)18-6-8-19(9-7-18)23-13-29-17(2)38-23)5-4-10-35(16)24-14-30-25(26(28)37)27(33-24)32-21-12-31-34(3)15-21;1-16-19(12-21(35)17-5-7-18(8-6-17)26-28-9-11-37-26)4-3-10-34(16)22-14-29-23(24(27)36)25(32-22)31-20-13-30-33(2)15-20;1-13-14(9-16(33)20-29-22(35-30-20)23(2,3)4)7-6-8-32(13)17-11-25-18(19(24)34)21(28-17)27-15-10-26-31(5)12-15/h6-9,12-16,20H,4-5,10-11H2,1-3H3,(H2,28,37)(H,32,33);5-9,11,13-16,19H,3-4,10,12H2,1-2H3,(H2,27,36)(H,31,32);10-14H,6-9H2,1-5H3,(H2,24,34)(H,27,28)/t16-,20+;16-,19+;13-,14+/m111/s1. The van der Waals surface area contributed by atoms with Crippen molar-refractivity contribution in [2.24, 2.45) is 56.1 Å². The summed E-state index contributed by atoms with van der Waals surface area (Å²) in [5.41, 5.74) is 21.7. The Morgan fingerprint density at radius 1 is 0.509 bits per heavy atom. The Labute approximate surface area is 638 Å². The van der Waals surface area contributed by atoms with E-state index in [1.807, 2.05) is 82.4 Å². The van der Waals surface area contributed by atoms with Gasteiger partial charge >= 0.3 is 0 Å². The second kappa shape index (κ2) is 33.7. The number of hydrogen-bond donors (Lipinski definition) is 6. The van der Waals surface area contributed by atoms with E-state index in [4.69, 9.17) is 36.1 Å². The maximum atomic E-state index is 13.2. The Balaban J connectivity index is 0.000000154. The molecule has 572 valence electrons. The van der Waals surface area contributed by atoms with Crippen molar-refractivity contribution in [1.82, 2.24) is 79.4 Å². The number of rotatable bonds is 23. The van der Waals surface area contributed by atoms with E-state index in [1.54, 1.807) is 108 Å². The number of thiazole rings is 1. The Kier molecular flexibility index (Phi) is 23.7. The summed E-state index contributed by atoms with van der Waals surface area (Å²) in [5.74, 6) is 2.18. The average molecular weight is 1510 g/mol. The minimum atomic E-state index is -0.680. The van der Waals surface area contributed by atoms with Crippen LogP contribution in [0.1, 0.15) is 173 Å². The summed E-state index contributed by atoms with van der Waals surface area (Å²) < 4.78 is 15.5. The molecule has 110 heavy (non-hydrogen) atoms. The number of carbonyl (C=O) groups excluding carboxylic acids is 6. The summed E-state index contributed by atoms with van der Waals surface area (Å²) in [6.45, 7) is 16.4. The third kappa shape index (κ3) is 18.5. The van der Waals surface area contributed by atoms with Crippen molar-refractivity contribution in [3.63, 3.8) is 0 Å². The van der Waals surface area contributed by atoms with Crippen LogP contribution < -0.4 is 47.9 Å². The lowest BCUT2D eigenvalue weighted by atomic mass is 9.85. The zero-order valence-electron chi connectivity index (χ0n) is 62.9. The van der Waals surface area contributed by atoms with Crippen LogP contribution in [0.3, 0.4) is 0 Å². The normalized spacial score (nSPS) is 17.8. The maximum Gasteiger partial charge on any atom is 0.271 e. The minimum Gasteiger partial charge on any atom is -0.445 e. The smallest absolute Gasteiger partial charge is 0.271 e. The maximum absolute atomic E-state index is 13.2. The minimum absolute atomic E-state index is 0.00153. The Bertz CT molecular complexity index is 5080. The van der Waals surface area contributed by atoms with Gasteiger partial charge in [-0.25, -0.2) is 39.9 Å². The number of amides is 3. The molecule has 11 aromatic rings. The Morgan fingerprint density at radius 2 is 0.900 bits per heavy atom. The molecule has 9 N–H and O–H groups in total. The summed E-state index contributed by atoms with van der Waals surface area (Å²) in [5, 5.41) is 26.6. The molecule has 6 atom stereocenters. The van der Waals surface area contributed by atoms with Gasteiger partial charge < -0.3 is 56.8 Å². The highest BCUT2D eigenvalue weighted by atomic mass is 32.1. The van der Waals surface area contributed by atoms with Crippen LogP contribution in [0.4, 0.5) is 52.0 Å². The number of benzene rings is 2. The van der Waals surface area contributed by atoms with Crippen LogP contribution in [-0.2, 0) is 26.6 Å². The van der Waals surface area contributed by atoms with E-state index in [0.29, 0.717) is 76.7 Å². The van der Waals surface area contributed by atoms with Gasteiger partial charge in [-0.2, -0.15) is 20.3 Å². The lowest BCUT2D eigenvalue weighted by Gasteiger charge is -2.40. The molecular formula is C76H89N25O8S. The van der Waals surface area contributed by atoms with Crippen LogP contribution in [0.25, 0.3) is 21.9 Å². The van der Waals surface area contributed by atoms with E-state index >= 15 is 0 Å². The van der Waals surface area contributed by atoms with Crippen molar-refractivity contribution in [3.05, 3.63) is 168 Å². The molecule has 2 aromatic carbocycles. The number of carbonyl (C=O) groups is 6. The first kappa shape index (κ1) is 77.1. The zero-order chi connectivity index (χ0) is 78.1. The van der Waals surface area contributed by atoms with Crippen LogP contribution in [0, 0.1) is 24.7 Å². The van der Waals surface area contributed by atoms with Gasteiger partial charge in [-0.3, -0.25) is 42.8 Å². The lowest BCUT2D eigenvalue weighted by molar-refractivity contribution is 0.0928. The topological polar surface area (TPSA) is 435 Å². The zero-order valence-corrected chi connectivity index (χ0v) is 63.7. The van der Waals surface area contributed by atoms with Crippen molar-refractivity contribution in [2.75, 3.05) is 50.3 Å². The molecule has 3 saturated heterocycles. The summed E-state index contributed by atoms with van der Waals surface area (Å²) >= 11 is 1.64. The first-order valence-electron chi connectivity index (χ1n) is 36.2. The molecule has 0 unspecified atom stereocenters. The van der Waals surface area contributed by atoms with Gasteiger partial charge in [0.1, 0.15) is 23.7 Å². The van der Waals surface area contributed by atoms with Gasteiger partial charge in [0, 0.05) is 125 Å². The van der Waals surface area contributed by atoms with E-state index in [-0.39, 0.29) is 99.0 Å². The van der Waals surface area contributed by atoms with Crippen LogP contribution in [0.15, 0.2) is 132 Å².